The Balaban J connectivity index is 1.83. The second kappa shape index (κ2) is 9.10. The molecule has 0 aliphatic heterocycles. The molecule has 2 aliphatic carbocycles. The van der Waals surface area contributed by atoms with Crippen LogP contribution in [0.5, 0.6) is 0 Å². The number of carboxylic acid groups (broad SMARTS) is 1. The largest absolute Gasteiger partial charge is 0.479 e. The van der Waals surface area contributed by atoms with Gasteiger partial charge in [-0.15, -0.1) is 0 Å². The standard InChI is InChI=1S/C23H38O5/c1-4-5-14-21(2,3)15-8-12-18-10-6-9-17(18)11-7-13-19(24)22(27)16-23(22,28)20(25)26/h7-8,12-13,17-19,24,27-28H,4-6,9-11,14-16H2,1-3H3,(H,25,26)/b12-8+,13-7-/t17-,18-,19?,22?,23?/m1/s1. The number of aliphatic hydroxyl groups is 3. The van der Waals surface area contributed by atoms with Gasteiger partial charge in [-0.25, -0.2) is 4.79 Å². The van der Waals surface area contributed by atoms with Crippen LogP contribution in [0.1, 0.15) is 78.6 Å². The van der Waals surface area contributed by atoms with Crippen LogP contribution in [0.4, 0.5) is 0 Å². The van der Waals surface area contributed by atoms with Crippen molar-refractivity contribution in [1.29, 1.82) is 0 Å². The fraction of sp³-hybridized carbons (Fsp3) is 0.783. The number of hydrogen-bond acceptors (Lipinski definition) is 4. The van der Waals surface area contributed by atoms with Crippen LogP contribution in [0.2, 0.25) is 0 Å². The smallest absolute Gasteiger partial charge is 0.339 e. The predicted molar refractivity (Wildman–Crippen MR) is 110 cm³/mol. The summed E-state index contributed by atoms with van der Waals surface area (Å²) in [4.78, 5) is 11.0. The molecular weight excluding hydrogens is 356 g/mol. The molecule has 5 heteroatoms. The number of carboxylic acids is 1. The summed E-state index contributed by atoms with van der Waals surface area (Å²) in [6.07, 6.45) is 15.4. The second-order valence-corrected chi connectivity index (χ2v) is 9.63. The molecule has 5 atom stereocenters. The lowest BCUT2D eigenvalue weighted by molar-refractivity contribution is -0.157. The van der Waals surface area contributed by atoms with Gasteiger partial charge in [-0.1, -0.05) is 64.3 Å². The van der Waals surface area contributed by atoms with Crippen LogP contribution in [0.3, 0.4) is 0 Å². The molecule has 0 aromatic heterocycles. The van der Waals surface area contributed by atoms with Crippen molar-refractivity contribution in [2.24, 2.45) is 17.3 Å². The van der Waals surface area contributed by atoms with Gasteiger partial charge in [0.25, 0.3) is 0 Å². The maximum atomic E-state index is 11.0. The molecule has 0 saturated heterocycles. The van der Waals surface area contributed by atoms with Crippen molar-refractivity contribution in [3.8, 4) is 0 Å². The zero-order valence-corrected chi connectivity index (χ0v) is 17.6. The van der Waals surface area contributed by atoms with Crippen LogP contribution >= 0.6 is 0 Å². The monoisotopic (exact) mass is 394 g/mol. The SMILES string of the molecule is CCCCC(C)(C)C/C=C/[C@H]1CCC[C@@H]1C/C=C\C(O)C1(O)CC1(O)C(=O)O. The van der Waals surface area contributed by atoms with E-state index in [-0.39, 0.29) is 6.42 Å². The lowest BCUT2D eigenvalue weighted by atomic mass is 9.83. The van der Waals surface area contributed by atoms with Gasteiger partial charge in [0.15, 0.2) is 5.60 Å². The first-order valence-electron chi connectivity index (χ1n) is 10.8. The Labute approximate surface area is 169 Å². The quantitative estimate of drug-likeness (QED) is 0.399. The third-order valence-corrected chi connectivity index (χ3v) is 6.70. The minimum atomic E-state index is -2.24. The number of unbranched alkanes of at least 4 members (excludes halogenated alkanes) is 1. The molecule has 3 unspecified atom stereocenters. The van der Waals surface area contributed by atoms with Gasteiger partial charge in [-0.2, -0.15) is 0 Å². The molecule has 0 amide bonds. The third kappa shape index (κ3) is 5.25. The second-order valence-electron chi connectivity index (χ2n) is 9.63. The first-order chi connectivity index (χ1) is 13.1. The summed E-state index contributed by atoms with van der Waals surface area (Å²) in [7, 11) is 0. The lowest BCUT2D eigenvalue weighted by Crippen LogP contribution is -2.41. The van der Waals surface area contributed by atoms with E-state index in [1.54, 1.807) is 0 Å². The van der Waals surface area contributed by atoms with Gasteiger partial charge < -0.3 is 20.4 Å². The van der Waals surface area contributed by atoms with Gasteiger partial charge in [0.1, 0.15) is 11.7 Å². The average Bonchev–Trinajstić information content (AvgIpc) is 2.98. The highest BCUT2D eigenvalue weighted by molar-refractivity contribution is 5.84. The zero-order valence-electron chi connectivity index (χ0n) is 17.6. The van der Waals surface area contributed by atoms with E-state index in [1.165, 1.54) is 38.2 Å². The van der Waals surface area contributed by atoms with Crippen molar-refractivity contribution in [2.45, 2.75) is 95.9 Å². The summed E-state index contributed by atoms with van der Waals surface area (Å²) in [5.41, 5.74) is -3.88. The van der Waals surface area contributed by atoms with E-state index in [4.69, 9.17) is 5.11 Å². The zero-order chi connectivity index (χ0) is 21.0. The summed E-state index contributed by atoms with van der Waals surface area (Å²) < 4.78 is 0. The van der Waals surface area contributed by atoms with E-state index in [2.05, 4.69) is 32.9 Å². The highest BCUT2D eigenvalue weighted by Crippen LogP contribution is 2.50. The number of carbonyl (C=O) groups is 1. The molecule has 160 valence electrons. The molecule has 0 aromatic rings. The van der Waals surface area contributed by atoms with E-state index in [0.717, 1.165) is 19.3 Å². The van der Waals surface area contributed by atoms with Crippen LogP contribution in [0.25, 0.3) is 0 Å². The summed E-state index contributed by atoms with van der Waals surface area (Å²) in [5, 5.41) is 39.0. The first-order valence-corrected chi connectivity index (χ1v) is 10.8. The van der Waals surface area contributed by atoms with Crippen molar-refractivity contribution in [3.05, 3.63) is 24.3 Å². The Morgan fingerprint density at radius 1 is 1.25 bits per heavy atom. The summed E-state index contributed by atoms with van der Waals surface area (Å²) >= 11 is 0. The van der Waals surface area contributed by atoms with Gasteiger partial charge in [0.2, 0.25) is 0 Å². The van der Waals surface area contributed by atoms with Gasteiger partial charge >= 0.3 is 5.97 Å². The fourth-order valence-electron chi connectivity index (χ4n) is 4.43. The van der Waals surface area contributed by atoms with Crippen molar-refractivity contribution in [3.63, 3.8) is 0 Å². The normalized spacial score (nSPS) is 34.4. The Hall–Kier alpha value is -1.17. The highest BCUT2D eigenvalue weighted by atomic mass is 16.5. The number of aliphatic carboxylic acids is 1. The lowest BCUT2D eigenvalue weighted by Gasteiger charge is -2.23. The molecule has 0 bridgehead atoms. The van der Waals surface area contributed by atoms with Gasteiger partial charge in [0, 0.05) is 6.42 Å². The molecular formula is C23H38O5. The van der Waals surface area contributed by atoms with E-state index in [9.17, 15) is 20.1 Å². The summed E-state index contributed by atoms with van der Waals surface area (Å²) in [6.45, 7) is 6.87. The minimum absolute atomic E-state index is 0.339. The summed E-state index contributed by atoms with van der Waals surface area (Å²) in [6, 6.07) is 0. The Kier molecular flexibility index (Phi) is 7.51. The van der Waals surface area contributed by atoms with Gasteiger partial charge in [-0.05, 0) is 49.4 Å². The molecule has 0 heterocycles. The van der Waals surface area contributed by atoms with Crippen LogP contribution < -0.4 is 0 Å². The van der Waals surface area contributed by atoms with Crippen molar-refractivity contribution >= 4 is 5.97 Å². The highest BCUT2D eigenvalue weighted by Gasteiger charge is 2.75. The van der Waals surface area contributed by atoms with Crippen LogP contribution in [0, 0.1) is 17.3 Å². The Morgan fingerprint density at radius 3 is 2.57 bits per heavy atom. The Bertz CT molecular complexity index is 596. The Morgan fingerprint density at radius 2 is 1.96 bits per heavy atom. The van der Waals surface area contributed by atoms with Crippen molar-refractivity contribution < 1.29 is 25.2 Å². The first kappa shape index (κ1) is 23.1. The maximum Gasteiger partial charge on any atom is 0.339 e. The predicted octanol–water partition coefficient (Wildman–Crippen LogP) is 3.82. The molecule has 28 heavy (non-hydrogen) atoms. The van der Waals surface area contributed by atoms with Gasteiger partial charge in [-0.3, -0.25) is 0 Å². The topological polar surface area (TPSA) is 98.0 Å². The molecule has 2 fully saturated rings. The van der Waals surface area contributed by atoms with E-state index in [1.807, 2.05) is 6.08 Å². The number of aliphatic hydroxyl groups excluding tert-OH is 1. The molecule has 4 N–H and O–H groups in total. The van der Waals surface area contributed by atoms with E-state index < -0.39 is 23.3 Å². The van der Waals surface area contributed by atoms with Gasteiger partial charge in [0.05, 0.1) is 0 Å². The van der Waals surface area contributed by atoms with Crippen LogP contribution in [-0.2, 0) is 4.79 Å². The average molecular weight is 395 g/mol. The molecule has 2 aliphatic rings. The number of hydrogen-bond donors (Lipinski definition) is 4. The molecule has 0 radical (unpaired) electrons. The maximum absolute atomic E-state index is 11.0. The third-order valence-electron chi connectivity index (χ3n) is 6.70. The van der Waals surface area contributed by atoms with Crippen LogP contribution in [-0.4, -0.2) is 43.7 Å². The van der Waals surface area contributed by atoms with Crippen molar-refractivity contribution in [2.75, 3.05) is 0 Å². The van der Waals surface area contributed by atoms with Crippen LogP contribution in [0.15, 0.2) is 24.3 Å². The molecule has 5 nitrogen and oxygen atoms in total. The fourth-order valence-corrected chi connectivity index (χ4v) is 4.43. The van der Waals surface area contributed by atoms with E-state index >= 15 is 0 Å². The minimum Gasteiger partial charge on any atom is -0.479 e. The molecule has 2 saturated carbocycles. The molecule has 2 rings (SSSR count). The number of rotatable bonds is 11. The number of allylic oxidation sites excluding steroid dienone is 3. The van der Waals surface area contributed by atoms with E-state index in [0.29, 0.717) is 17.3 Å². The summed E-state index contributed by atoms with van der Waals surface area (Å²) in [5.74, 6) is -0.459. The van der Waals surface area contributed by atoms with Crippen molar-refractivity contribution in [1.82, 2.24) is 0 Å². The molecule has 0 aromatic carbocycles. The molecule has 0 spiro atoms.